The number of rotatable bonds is 5. The van der Waals surface area contributed by atoms with Gasteiger partial charge in [-0.05, 0) is 6.42 Å². The Kier molecular flexibility index (Phi) is 4.40. The number of hydrogen-bond donors (Lipinski definition) is 0. The fourth-order valence-corrected chi connectivity index (χ4v) is 1.03. The number of carbonyl (C=O) groups is 1. The predicted octanol–water partition coefficient (Wildman–Crippen LogP) is 1.68. The molecule has 5 heteroatoms. The molecular formula is C10H15N3O2. The van der Waals surface area contributed by atoms with E-state index in [2.05, 4.69) is 18.5 Å². The largest absolute Gasteiger partial charge is 0.438 e. The Morgan fingerprint density at radius 3 is 3.07 bits per heavy atom. The second-order valence-corrected chi connectivity index (χ2v) is 3.01. The Bertz CT molecular complexity index is 308. The molecule has 0 N–H and O–H groups in total. The summed E-state index contributed by atoms with van der Waals surface area (Å²) in [7, 11) is 0. The first kappa shape index (κ1) is 11.3. The van der Waals surface area contributed by atoms with Crippen molar-refractivity contribution in [2.45, 2.75) is 19.8 Å². The van der Waals surface area contributed by atoms with Gasteiger partial charge in [-0.25, -0.2) is 9.78 Å². The Balaban J connectivity index is 2.46. The van der Waals surface area contributed by atoms with Crippen LogP contribution in [-0.2, 0) is 0 Å². The molecule has 0 bridgehead atoms. The lowest BCUT2D eigenvalue weighted by atomic mass is 10.3. The molecular weight excluding hydrogens is 194 g/mol. The van der Waals surface area contributed by atoms with Crippen LogP contribution in [0.15, 0.2) is 31.5 Å². The molecule has 0 saturated carbocycles. The summed E-state index contributed by atoms with van der Waals surface area (Å²) in [6.07, 6.45) is 7.47. The lowest BCUT2D eigenvalue weighted by Gasteiger charge is -2.16. The van der Waals surface area contributed by atoms with Crippen molar-refractivity contribution >= 4 is 6.09 Å². The van der Waals surface area contributed by atoms with Gasteiger partial charge in [0.05, 0.1) is 6.20 Å². The monoisotopic (exact) mass is 209 g/mol. The van der Waals surface area contributed by atoms with Gasteiger partial charge in [0.2, 0.25) is 0 Å². The summed E-state index contributed by atoms with van der Waals surface area (Å²) >= 11 is 0. The molecule has 0 unspecified atom stereocenters. The van der Waals surface area contributed by atoms with Crippen LogP contribution in [0.1, 0.15) is 19.8 Å². The van der Waals surface area contributed by atoms with E-state index in [1.54, 1.807) is 6.20 Å². The molecule has 0 aliphatic heterocycles. The summed E-state index contributed by atoms with van der Waals surface area (Å²) < 4.78 is 1.25. The maximum atomic E-state index is 11.5. The molecule has 5 nitrogen and oxygen atoms in total. The van der Waals surface area contributed by atoms with Gasteiger partial charge >= 0.3 is 6.09 Å². The summed E-state index contributed by atoms with van der Waals surface area (Å²) in [5.74, 6) is 0. The highest BCUT2D eigenvalue weighted by Gasteiger charge is 2.11. The minimum absolute atomic E-state index is 0.448. The molecule has 0 aliphatic carbocycles. The Hall–Kier alpha value is -1.78. The van der Waals surface area contributed by atoms with Crippen LogP contribution < -0.4 is 4.84 Å². The predicted molar refractivity (Wildman–Crippen MR) is 56.0 cm³/mol. The Morgan fingerprint density at radius 2 is 2.53 bits per heavy atom. The van der Waals surface area contributed by atoms with E-state index in [-0.39, 0.29) is 0 Å². The molecule has 1 aromatic heterocycles. The molecule has 1 aromatic rings. The average Bonchev–Trinajstić information content (AvgIpc) is 2.71. The van der Waals surface area contributed by atoms with Crippen LogP contribution in [0.25, 0.3) is 0 Å². The zero-order valence-electron chi connectivity index (χ0n) is 8.80. The molecule has 0 spiro atoms. The zero-order valence-corrected chi connectivity index (χ0v) is 8.80. The number of carbonyl (C=O) groups excluding carboxylic acids is 1. The standard InChI is InChI=1S/C10H15N3O2/c1-3-5-7-12(4-2)10(14)15-13-8-6-11-9-13/h4,6,8-9H,2-3,5,7H2,1H3. The van der Waals surface area contributed by atoms with Gasteiger partial charge in [0.1, 0.15) is 6.33 Å². The van der Waals surface area contributed by atoms with E-state index in [1.165, 1.54) is 28.4 Å². The van der Waals surface area contributed by atoms with Gasteiger partial charge in [0.25, 0.3) is 0 Å². The van der Waals surface area contributed by atoms with Crippen molar-refractivity contribution in [2.75, 3.05) is 6.54 Å². The second-order valence-electron chi connectivity index (χ2n) is 3.01. The highest BCUT2D eigenvalue weighted by molar-refractivity contribution is 5.68. The first-order valence-corrected chi connectivity index (χ1v) is 4.87. The van der Waals surface area contributed by atoms with Crippen LogP contribution >= 0.6 is 0 Å². The van der Waals surface area contributed by atoms with Crippen LogP contribution in [0.5, 0.6) is 0 Å². The van der Waals surface area contributed by atoms with Crippen LogP contribution in [0.3, 0.4) is 0 Å². The molecule has 1 heterocycles. The van der Waals surface area contributed by atoms with E-state index >= 15 is 0 Å². The summed E-state index contributed by atoms with van der Waals surface area (Å²) in [6, 6.07) is 0. The normalized spacial score (nSPS) is 9.67. The summed E-state index contributed by atoms with van der Waals surface area (Å²) in [6.45, 7) is 6.24. The quantitative estimate of drug-likeness (QED) is 0.741. The maximum Gasteiger partial charge on any atom is 0.438 e. The van der Waals surface area contributed by atoms with E-state index in [4.69, 9.17) is 4.84 Å². The minimum Gasteiger partial charge on any atom is -0.316 e. The van der Waals surface area contributed by atoms with Crippen molar-refractivity contribution in [1.29, 1.82) is 0 Å². The van der Waals surface area contributed by atoms with E-state index in [9.17, 15) is 4.79 Å². The lowest BCUT2D eigenvalue weighted by Crippen LogP contribution is -2.33. The summed E-state index contributed by atoms with van der Waals surface area (Å²) in [5, 5.41) is 0. The van der Waals surface area contributed by atoms with E-state index in [1.807, 2.05) is 0 Å². The fraction of sp³-hybridized carbons (Fsp3) is 0.400. The molecule has 0 aromatic carbocycles. The lowest BCUT2D eigenvalue weighted by molar-refractivity contribution is 0.105. The smallest absolute Gasteiger partial charge is 0.316 e. The molecule has 0 radical (unpaired) electrons. The number of amides is 1. The highest BCUT2D eigenvalue weighted by Crippen LogP contribution is 1.97. The van der Waals surface area contributed by atoms with Gasteiger partial charge in [0.15, 0.2) is 0 Å². The van der Waals surface area contributed by atoms with Crippen molar-refractivity contribution < 1.29 is 9.63 Å². The van der Waals surface area contributed by atoms with Crippen LogP contribution in [0.2, 0.25) is 0 Å². The summed E-state index contributed by atoms with van der Waals surface area (Å²) in [5.41, 5.74) is 0. The van der Waals surface area contributed by atoms with Gasteiger partial charge in [-0.3, -0.25) is 4.90 Å². The summed E-state index contributed by atoms with van der Waals surface area (Å²) in [4.78, 5) is 21.7. The molecule has 0 aliphatic rings. The number of imidazole rings is 1. The number of unbranched alkanes of at least 4 members (excludes halogenated alkanes) is 1. The third kappa shape index (κ3) is 3.46. The van der Waals surface area contributed by atoms with Crippen molar-refractivity contribution in [3.05, 3.63) is 31.5 Å². The van der Waals surface area contributed by atoms with Crippen molar-refractivity contribution in [1.82, 2.24) is 14.6 Å². The van der Waals surface area contributed by atoms with Crippen molar-refractivity contribution in [3.8, 4) is 0 Å². The fourth-order valence-electron chi connectivity index (χ4n) is 1.03. The van der Waals surface area contributed by atoms with Crippen LogP contribution in [-0.4, -0.2) is 27.3 Å². The van der Waals surface area contributed by atoms with Gasteiger partial charge in [-0.15, -0.1) is 0 Å². The topological polar surface area (TPSA) is 47.4 Å². The van der Waals surface area contributed by atoms with E-state index in [0.717, 1.165) is 12.8 Å². The van der Waals surface area contributed by atoms with E-state index < -0.39 is 6.09 Å². The third-order valence-corrected chi connectivity index (χ3v) is 1.87. The van der Waals surface area contributed by atoms with Crippen molar-refractivity contribution in [3.63, 3.8) is 0 Å². The average molecular weight is 209 g/mol. The number of hydrogen-bond acceptors (Lipinski definition) is 3. The first-order valence-electron chi connectivity index (χ1n) is 4.87. The maximum absolute atomic E-state index is 11.5. The van der Waals surface area contributed by atoms with E-state index in [0.29, 0.717) is 6.54 Å². The third-order valence-electron chi connectivity index (χ3n) is 1.87. The van der Waals surface area contributed by atoms with Gasteiger partial charge in [-0.2, -0.15) is 4.73 Å². The molecule has 15 heavy (non-hydrogen) atoms. The van der Waals surface area contributed by atoms with Crippen LogP contribution in [0, 0.1) is 0 Å². The molecule has 1 rings (SSSR count). The van der Waals surface area contributed by atoms with Gasteiger partial charge in [-0.1, -0.05) is 19.9 Å². The molecule has 0 fully saturated rings. The molecule has 1 amide bonds. The molecule has 0 saturated heterocycles. The highest BCUT2D eigenvalue weighted by atomic mass is 16.7. The number of aromatic nitrogens is 2. The first-order chi connectivity index (χ1) is 7.27. The Labute approximate surface area is 88.9 Å². The zero-order chi connectivity index (χ0) is 11.1. The SMILES string of the molecule is C=CN(CCCC)C(=O)On1ccnc1. The van der Waals surface area contributed by atoms with Gasteiger partial charge in [0, 0.05) is 18.9 Å². The second kappa shape index (κ2) is 5.85. The minimum atomic E-state index is -0.448. The van der Waals surface area contributed by atoms with Crippen molar-refractivity contribution in [2.24, 2.45) is 0 Å². The Morgan fingerprint density at radius 1 is 1.73 bits per heavy atom. The number of nitrogens with zero attached hydrogens (tertiary/aromatic N) is 3. The van der Waals surface area contributed by atoms with Gasteiger partial charge < -0.3 is 4.84 Å². The molecule has 0 atom stereocenters. The van der Waals surface area contributed by atoms with Crippen LogP contribution in [0.4, 0.5) is 4.79 Å². The molecule has 82 valence electrons.